The SMILES string of the molecule is C1=C[C@H]([SiH](c2ccccc2)c2ccccc2)CCC1. The molecule has 0 unspecified atom stereocenters. The molecule has 0 heterocycles. The number of allylic oxidation sites excluding steroid dienone is 2. The summed E-state index contributed by atoms with van der Waals surface area (Å²) in [6.45, 7) is 0. The zero-order valence-corrected chi connectivity index (χ0v) is 12.4. The third-order valence-corrected chi connectivity index (χ3v) is 7.66. The van der Waals surface area contributed by atoms with Gasteiger partial charge in [-0.15, -0.1) is 0 Å². The van der Waals surface area contributed by atoms with Crippen LogP contribution >= 0.6 is 0 Å². The van der Waals surface area contributed by atoms with Crippen molar-refractivity contribution in [1.82, 2.24) is 0 Å². The molecule has 0 radical (unpaired) electrons. The molecule has 2 aromatic rings. The molecule has 1 aliphatic carbocycles. The van der Waals surface area contributed by atoms with Crippen LogP contribution in [-0.2, 0) is 0 Å². The molecular formula is C18H20Si. The number of hydrogen-bond donors (Lipinski definition) is 0. The summed E-state index contributed by atoms with van der Waals surface area (Å²) >= 11 is 0. The molecule has 96 valence electrons. The highest BCUT2D eigenvalue weighted by Gasteiger charge is 2.25. The lowest BCUT2D eigenvalue weighted by Gasteiger charge is -2.26. The highest BCUT2D eigenvalue weighted by atomic mass is 28.3. The third-order valence-electron chi connectivity index (χ3n) is 4.04. The summed E-state index contributed by atoms with van der Waals surface area (Å²) in [5.41, 5.74) is 0.776. The summed E-state index contributed by atoms with van der Waals surface area (Å²) in [5.74, 6) is 0. The van der Waals surface area contributed by atoms with Gasteiger partial charge in [-0.1, -0.05) is 83.2 Å². The fourth-order valence-corrected chi connectivity index (χ4v) is 6.72. The third kappa shape index (κ3) is 2.87. The van der Waals surface area contributed by atoms with Gasteiger partial charge in [0, 0.05) is 0 Å². The van der Waals surface area contributed by atoms with E-state index in [-0.39, 0.29) is 0 Å². The second kappa shape index (κ2) is 6.03. The standard InChI is InChI=1S/C18H20Si/c1-4-10-16(11-5-1)19(17-12-6-2-7-13-17)18-14-8-3-9-15-18/h1-2,4-8,10-14,18-19H,3,9,15H2/t18-/m0/s1. The summed E-state index contributed by atoms with van der Waals surface area (Å²) in [6, 6.07) is 22.3. The Morgan fingerprint density at radius 2 is 1.37 bits per heavy atom. The molecule has 0 amide bonds. The molecule has 0 aromatic heterocycles. The van der Waals surface area contributed by atoms with E-state index in [1.807, 2.05) is 0 Å². The molecule has 19 heavy (non-hydrogen) atoms. The van der Waals surface area contributed by atoms with Crippen LogP contribution in [0.3, 0.4) is 0 Å². The Morgan fingerprint density at radius 1 is 0.789 bits per heavy atom. The lowest BCUT2D eigenvalue weighted by Crippen LogP contribution is -2.45. The van der Waals surface area contributed by atoms with Crippen molar-refractivity contribution in [3.05, 3.63) is 72.8 Å². The quantitative estimate of drug-likeness (QED) is 0.590. The Kier molecular flexibility index (Phi) is 3.94. The minimum atomic E-state index is -1.12. The van der Waals surface area contributed by atoms with Gasteiger partial charge in [-0.05, 0) is 24.8 Å². The normalized spacial score (nSPS) is 18.7. The molecule has 0 nitrogen and oxygen atoms in total. The second-order valence-corrected chi connectivity index (χ2v) is 8.47. The van der Waals surface area contributed by atoms with Crippen molar-refractivity contribution in [3.8, 4) is 0 Å². The lowest BCUT2D eigenvalue weighted by molar-refractivity contribution is 0.723. The van der Waals surface area contributed by atoms with E-state index in [0.29, 0.717) is 0 Å². The predicted octanol–water partition coefficient (Wildman–Crippen LogP) is 3.14. The molecule has 0 N–H and O–H groups in total. The minimum absolute atomic E-state index is 0.776. The maximum atomic E-state index is 2.49. The van der Waals surface area contributed by atoms with Gasteiger partial charge < -0.3 is 0 Å². The van der Waals surface area contributed by atoms with Crippen molar-refractivity contribution in [2.75, 3.05) is 0 Å². The van der Waals surface area contributed by atoms with Crippen molar-refractivity contribution in [3.63, 3.8) is 0 Å². The Hall–Kier alpha value is -1.60. The molecule has 1 atom stereocenters. The van der Waals surface area contributed by atoms with Gasteiger partial charge in [0.1, 0.15) is 8.80 Å². The highest BCUT2D eigenvalue weighted by molar-refractivity contribution is 6.86. The second-order valence-electron chi connectivity index (χ2n) is 5.32. The van der Waals surface area contributed by atoms with Crippen LogP contribution in [0.25, 0.3) is 0 Å². The van der Waals surface area contributed by atoms with Crippen LogP contribution in [0.5, 0.6) is 0 Å². The van der Waals surface area contributed by atoms with Crippen LogP contribution < -0.4 is 10.4 Å². The van der Waals surface area contributed by atoms with Gasteiger partial charge in [-0.25, -0.2) is 0 Å². The molecular weight excluding hydrogens is 244 g/mol. The molecule has 0 aliphatic heterocycles. The topological polar surface area (TPSA) is 0 Å². The van der Waals surface area contributed by atoms with Gasteiger partial charge in [0.15, 0.2) is 0 Å². The van der Waals surface area contributed by atoms with Gasteiger partial charge in [-0.3, -0.25) is 0 Å². The number of rotatable bonds is 3. The van der Waals surface area contributed by atoms with Crippen LogP contribution in [0.4, 0.5) is 0 Å². The lowest BCUT2D eigenvalue weighted by atomic mass is 10.1. The van der Waals surface area contributed by atoms with E-state index >= 15 is 0 Å². The van der Waals surface area contributed by atoms with Crippen LogP contribution in [0, 0.1) is 0 Å². The van der Waals surface area contributed by atoms with Crippen LogP contribution in [-0.4, -0.2) is 8.80 Å². The average molecular weight is 264 g/mol. The Labute approximate surface area is 117 Å². The molecule has 2 aromatic carbocycles. The van der Waals surface area contributed by atoms with E-state index in [1.165, 1.54) is 19.3 Å². The van der Waals surface area contributed by atoms with Crippen molar-refractivity contribution in [1.29, 1.82) is 0 Å². The Balaban J connectivity index is 2.01. The van der Waals surface area contributed by atoms with Gasteiger partial charge in [0.2, 0.25) is 0 Å². The molecule has 3 rings (SSSR count). The summed E-state index contributed by atoms with van der Waals surface area (Å²) in [5, 5.41) is 3.15. The summed E-state index contributed by atoms with van der Waals surface area (Å²) in [7, 11) is -1.12. The molecule has 1 heteroatoms. The van der Waals surface area contributed by atoms with Crippen LogP contribution in [0.2, 0.25) is 5.54 Å². The molecule has 0 spiro atoms. The summed E-state index contributed by atoms with van der Waals surface area (Å²) in [4.78, 5) is 0. The first-order valence-corrected chi connectivity index (χ1v) is 9.04. The average Bonchev–Trinajstić information content (AvgIpc) is 2.51. The molecule has 0 bridgehead atoms. The number of benzene rings is 2. The van der Waals surface area contributed by atoms with E-state index in [9.17, 15) is 0 Å². The maximum absolute atomic E-state index is 2.49. The van der Waals surface area contributed by atoms with E-state index in [2.05, 4.69) is 72.8 Å². The Morgan fingerprint density at radius 3 is 1.84 bits per heavy atom. The first-order valence-electron chi connectivity index (χ1n) is 7.22. The maximum Gasteiger partial charge on any atom is 0.109 e. The summed E-state index contributed by atoms with van der Waals surface area (Å²) < 4.78 is 0. The minimum Gasteiger partial charge on any atom is -0.0885 e. The van der Waals surface area contributed by atoms with Crippen LogP contribution in [0.1, 0.15) is 19.3 Å². The zero-order valence-electron chi connectivity index (χ0n) is 11.2. The molecule has 0 saturated heterocycles. The zero-order chi connectivity index (χ0) is 12.9. The van der Waals surface area contributed by atoms with Gasteiger partial charge in [0.05, 0.1) is 0 Å². The fourth-order valence-electron chi connectivity index (χ4n) is 3.12. The van der Waals surface area contributed by atoms with Gasteiger partial charge >= 0.3 is 0 Å². The largest absolute Gasteiger partial charge is 0.109 e. The van der Waals surface area contributed by atoms with Crippen molar-refractivity contribution < 1.29 is 0 Å². The monoisotopic (exact) mass is 264 g/mol. The van der Waals surface area contributed by atoms with Crippen molar-refractivity contribution in [2.45, 2.75) is 24.8 Å². The first kappa shape index (κ1) is 12.4. The highest BCUT2D eigenvalue weighted by Crippen LogP contribution is 2.25. The van der Waals surface area contributed by atoms with Crippen molar-refractivity contribution in [2.24, 2.45) is 0 Å². The fraction of sp³-hybridized carbons (Fsp3) is 0.222. The van der Waals surface area contributed by atoms with E-state index < -0.39 is 8.80 Å². The van der Waals surface area contributed by atoms with Crippen LogP contribution in [0.15, 0.2) is 72.8 Å². The van der Waals surface area contributed by atoms with E-state index in [1.54, 1.807) is 10.4 Å². The molecule has 0 fully saturated rings. The number of hydrogen-bond acceptors (Lipinski definition) is 0. The Bertz CT molecular complexity index is 491. The van der Waals surface area contributed by atoms with E-state index in [0.717, 1.165) is 5.54 Å². The van der Waals surface area contributed by atoms with Gasteiger partial charge in [-0.2, -0.15) is 0 Å². The molecule has 0 saturated carbocycles. The summed E-state index contributed by atoms with van der Waals surface area (Å²) in [6.07, 6.45) is 8.85. The van der Waals surface area contributed by atoms with Crippen molar-refractivity contribution >= 4 is 19.2 Å². The first-order chi connectivity index (χ1) is 9.45. The van der Waals surface area contributed by atoms with Gasteiger partial charge in [0.25, 0.3) is 0 Å². The predicted molar refractivity (Wildman–Crippen MR) is 86.0 cm³/mol. The van der Waals surface area contributed by atoms with E-state index in [4.69, 9.17) is 0 Å². The smallest absolute Gasteiger partial charge is 0.0885 e. The molecule has 1 aliphatic rings.